The van der Waals surface area contributed by atoms with E-state index in [2.05, 4.69) is 4.90 Å². The zero-order valence-corrected chi connectivity index (χ0v) is 12.4. The van der Waals surface area contributed by atoms with Crippen LogP contribution in [0.15, 0.2) is 0 Å². The SMILES string of the molecule is COCCCC(=O)N(CCCN)C1CCCCCC1. The molecule has 1 saturated carbocycles. The Morgan fingerprint density at radius 3 is 2.47 bits per heavy atom. The number of hydrogen-bond donors (Lipinski definition) is 1. The monoisotopic (exact) mass is 270 g/mol. The predicted molar refractivity (Wildman–Crippen MR) is 78.0 cm³/mol. The van der Waals surface area contributed by atoms with Crippen LogP contribution in [0.3, 0.4) is 0 Å². The Hall–Kier alpha value is -0.610. The normalized spacial score (nSPS) is 17.2. The molecule has 0 radical (unpaired) electrons. The Morgan fingerprint density at radius 2 is 1.89 bits per heavy atom. The Kier molecular flexibility index (Phi) is 8.84. The van der Waals surface area contributed by atoms with Gasteiger partial charge in [-0.1, -0.05) is 25.7 Å². The van der Waals surface area contributed by atoms with E-state index < -0.39 is 0 Å². The van der Waals surface area contributed by atoms with Gasteiger partial charge >= 0.3 is 0 Å². The Bertz CT molecular complexity index is 238. The maximum absolute atomic E-state index is 12.4. The van der Waals surface area contributed by atoms with Crippen molar-refractivity contribution < 1.29 is 9.53 Å². The topological polar surface area (TPSA) is 55.6 Å². The van der Waals surface area contributed by atoms with Crippen LogP contribution in [0.5, 0.6) is 0 Å². The molecule has 4 heteroatoms. The molecule has 0 atom stereocenters. The number of carbonyl (C=O) groups is 1. The van der Waals surface area contributed by atoms with Gasteiger partial charge in [0.05, 0.1) is 0 Å². The maximum atomic E-state index is 12.4. The first kappa shape index (κ1) is 16.4. The number of carbonyl (C=O) groups excluding carboxylic acids is 1. The van der Waals surface area contributed by atoms with Gasteiger partial charge < -0.3 is 15.4 Å². The summed E-state index contributed by atoms with van der Waals surface area (Å²) in [7, 11) is 1.68. The van der Waals surface area contributed by atoms with Crippen LogP contribution in [-0.4, -0.2) is 43.7 Å². The number of ether oxygens (including phenoxy) is 1. The Morgan fingerprint density at radius 1 is 1.21 bits per heavy atom. The van der Waals surface area contributed by atoms with Gasteiger partial charge in [0.2, 0.25) is 5.91 Å². The molecule has 0 aliphatic heterocycles. The molecule has 0 spiro atoms. The molecule has 112 valence electrons. The summed E-state index contributed by atoms with van der Waals surface area (Å²) in [6.45, 7) is 2.16. The largest absolute Gasteiger partial charge is 0.385 e. The molecule has 0 aromatic rings. The van der Waals surface area contributed by atoms with Crippen molar-refractivity contribution in [2.75, 3.05) is 26.8 Å². The van der Waals surface area contributed by atoms with Crippen molar-refractivity contribution in [2.45, 2.75) is 63.8 Å². The first-order valence-corrected chi connectivity index (χ1v) is 7.78. The Balaban J connectivity index is 2.50. The summed E-state index contributed by atoms with van der Waals surface area (Å²) in [6.07, 6.45) is 9.83. The molecule has 19 heavy (non-hydrogen) atoms. The summed E-state index contributed by atoms with van der Waals surface area (Å²) >= 11 is 0. The van der Waals surface area contributed by atoms with Crippen molar-refractivity contribution in [1.29, 1.82) is 0 Å². The minimum absolute atomic E-state index is 0.289. The average molecular weight is 270 g/mol. The molecule has 1 rings (SSSR count). The van der Waals surface area contributed by atoms with Gasteiger partial charge in [0.25, 0.3) is 0 Å². The van der Waals surface area contributed by atoms with Crippen molar-refractivity contribution in [2.24, 2.45) is 5.73 Å². The lowest BCUT2D eigenvalue weighted by molar-refractivity contribution is -0.134. The molecule has 1 amide bonds. The molecule has 0 bridgehead atoms. The fourth-order valence-corrected chi connectivity index (χ4v) is 2.85. The van der Waals surface area contributed by atoms with Gasteiger partial charge in [-0.3, -0.25) is 4.79 Å². The molecule has 0 unspecified atom stereocenters. The highest BCUT2D eigenvalue weighted by molar-refractivity contribution is 5.76. The lowest BCUT2D eigenvalue weighted by Gasteiger charge is -2.31. The second-order valence-electron chi connectivity index (χ2n) is 5.47. The van der Waals surface area contributed by atoms with Crippen LogP contribution in [0.2, 0.25) is 0 Å². The van der Waals surface area contributed by atoms with Gasteiger partial charge in [-0.05, 0) is 32.2 Å². The van der Waals surface area contributed by atoms with Crippen molar-refractivity contribution in [1.82, 2.24) is 4.90 Å². The fourth-order valence-electron chi connectivity index (χ4n) is 2.85. The third-order valence-corrected chi connectivity index (χ3v) is 3.93. The summed E-state index contributed by atoms with van der Waals surface area (Å²) in [4.78, 5) is 14.5. The summed E-state index contributed by atoms with van der Waals surface area (Å²) in [5.74, 6) is 0.289. The highest BCUT2D eigenvalue weighted by Gasteiger charge is 2.23. The number of nitrogens with zero attached hydrogens (tertiary/aromatic N) is 1. The fraction of sp³-hybridized carbons (Fsp3) is 0.933. The standard InChI is InChI=1S/C15H30N2O2/c1-19-13-6-10-15(18)17(12-7-11-16)14-8-4-2-3-5-9-14/h14H,2-13,16H2,1H3. The van der Waals surface area contributed by atoms with Crippen LogP contribution < -0.4 is 5.73 Å². The summed E-state index contributed by atoms with van der Waals surface area (Å²) in [5.41, 5.74) is 5.60. The maximum Gasteiger partial charge on any atom is 0.222 e. The first-order valence-electron chi connectivity index (χ1n) is 7.78. The van der Waals surface area contributed by atoms with E-state index in [9.17, 15) is 4.79 Å². The third kappa shape index (κ3) is 6.39. The average Bonchev–Trinajstić information content (AvgIpc) is 2.69. The molecule has 1 aliphatic rings. The second-order valence-corrected chi connectivity index (χ2v) is 5.47. The summed E-state index contributed by atoms with van der Waals surface area (Å²) in [5, 5.41) is 0. The van der Waals surface area contributed by atoms with E-state index in [0.29, 0.717) is 25.6 Å². The number of methoxy groups -OCH3 is 1. The van der Waals surface area contributed by atoms with Crippen molar-refractivity contribution in [3.63, 3.8) is 0 Å². The quantitative estimate of drug-likeness (QED) is 0.544. The molecule has 2 N–H and O–H groups in total. The van der Waals surface area contributed by atoms with E-state index in [1.54, 1.807) is 7.11 Å². The Labute approximate surface area is 117 Å². The molecular weight excluding hydrogens is 240 g/mol. The van der Waals surface area contributed by atoms with Crippen LogP contribution in [0, 0.1) is 0 Å². The number of rotatable bonds is 8. The molecule has 0 aromatic heterocycles. The van der Waals surface area contributed by atoms with Crippen molar-refractivity contribution in [3.05, 3.63) is 0 Å². The summed E-state index contributed by atoms with van der Waals surface area (Å²) in [6, 6.07) is 0.448. The van der Waals surface area contributed by atoms with E-state index in [1.165, 1.54) is 38.5 Å². The van der Waals surface area contributed by atoms with Gasteiger partial charge in [-0.2, -0.15) is 0 Å². The molecular formula is C15H30N2O2. The van der Waals surface area contributed by atoms with Crippen LogP contribution in [0.1, 0.15) is 57.8 Å². The van der Waals surface area contributed by atoms with Crippen molar-refractivity contribution in [3.8, 4) is 0 Å². The second kappa shape index (κ2) is 10.2. The van der Waals surface area contributed by atoms with Crippen LogP contribution in [-0.2, 0) is 9.53 Å². The zero-order valence-electron chi connectivity index (χ0n) is 12.4. The number of nitrogens with two attached hydrogens (primary N) is 1. The van der Waals surface area contributed by atoms with Crippen LogP contribution in [0.25, 0.3) is 0 Å². The summed E-state index contributed by atoms with van der Waals surface area (Å²) < 4.78 is 5.03. The minimum Gasteiger partial charge on any atom is -0.385 e. The van der Waals surface area contributed by atoms with Gasteiger partial charge in [-0.15, -0.1) is 0 Å². The van der Waals surface area contributed by atoms with Gasteiger partial charge in [-0.25, -0.2) is 0 Å². The van der Waals surface area contributed by atoms with E-state index in [-0.39, 0.29) is 5.91 Å². The molecule has 0 heterocycles. The lowest BCUT2D eigenvalue weighted by atomic mass is 10.1. The van der Waals surface area contributed by atoms with Gasteiger partial charge in [0.15, 0.2) is 0 Å². The van der Waals surface area contributed by atoms with Gasteiger partial charge in [0.1, 0.15) is 0 Å². The minimum atomic E-state index is 0.289. The van der Waals surface area contributed by atoms with Gasteiger partial charge in [0, 0.05) is 32.7 Å². The van der Waals surface area contributed by atoms with Crippen LogP contribution in [0.4, 0.5) is 0 Å². The van der Waals surface area contributed by atoms with E-state index in [1.807, 2.05) is 0 Å². The lowest BCUT2D eigenvalue weighted by Crippen LogP contribution is -2.41. The molecule has 4 nitrogen and oxygen atoms in total. The molecule has 1 fully saturated rings. The zero-order chi connectivity index (χ0) is 13.9. The van der Waals surface area contributed by atoms with Crippen molar-refractivity contribution >= 4 is 5.91 Å². The van der Waals surface area contributed by atoms with E-state index >= 15 is 0 Å². The smallest absolute Gasteiger partial charge is 0.222 e. The first-order chi connectivity index (χ1) is 9.29. The number of amides is 1. The molecule has 0 saturated heterocycles. The highest BCUT2D eigenvalue weighted by atomic mass is 16.5. The molecule has 1 aliphatic carbocycles. The van der Waals surface area contributed by atoms with Crippen LogP contribution >= 0.6 is 0 Å². The van der Waals surface area contributed by atoms with E-state index in [4.69, 9.17) is 10.5 Å². The van der Waals surface area contributed by atoms with E-state index in [0.717, 1.165) is 19.4 Å². The highest BCUT2D eigenvalue weighted by Crippen LogP contribution is 2.23. The predicted octanol–water partition coefficient (Wildman–Crippen LogP) is 2.31. The molecule has 0 aromatic carbocycles. The number of hydrogen-bond acceptors (Lipinski definition) is 3. The third-order valence-electron chi connectivity index (χ3n) is 3.93.